The Morgan fingerprint density at radius 3 is 2.48 bits per heavy atom. The average Bonchev–Trinajstić information content (AvgIpc) is 3.55. The molecule has 218 valence electrons. The number of rotatable bonds is 6. The monoisotopic (exact) mass is 603 g/mol. The van der Waals surface area contributed by atoms with Crippen molar-refractivity contribution < 1.29 is 14.6 Å². The summed E-state index contributed by atoms with van der Waals surface area (Å²) >= 11 is 7.73. The fraction of sp³-hybridized carbons (Fsp3) is 0.375. The molecule has 2 aromatic carbocycles. The molecule has 42 heavy (non-hydrogen) atoms. The van der Waals surface area contributed by atoms with Crippen LogP contribution >= 0.6 is 22.9 Å². The number of hydrogen-bond donors (Lipinski definition) is 1. The molecule has 1 aliphatic rings. The van der Waals surface area contributed by atoms with Crippen molar-refractivity contribution in [2.45, 2.75) is 58.3 Å². The first-order valence-corrected chi connectivity index (χ1v) is 15.3. The number of pyridine rings is 1. The number of carbonyl (C=O) groups is 1. The molecule has 0 saturated carbocycles. The summed E-state index contributed by atoms with van der Waals surface area (Å²) in [6, 6.07) is 13.9. The molecule has 0 aliphatic carbocycles. The molecular formula is C32H34ClN5O3S. The molecule has 0 radical (unpaired) electrons. The Balaban J connectivity index is 1.48. The van der Waals surface area contributed by atoms with E-state index in [9.17, 15) is 9.90 Å². The van der Waals surface area contributed by atoms with Gasteiger partial charge in [-0.2, -0.15) is 5.10 Å². The van der Waals surface area contributed by atoms with Gasteiger partial charge in [0.2, 0.25) is 0 Å². The number of thiazole rings is 1. The highest BCUT2D eigenvalue weighted by Crippen LogP contribution is 2.44. The van der Waals surface area contributed by atoms with Gasteiger partial charge in [-0.1, -0.05) is 23.7 Å². The topological polar surface area (TPSA) is 93.4 Å². The van der Waals surface area contributed by atoms with E-state index in [1.165, 1.54) is 11.3 Å². The van der Waals surface area contributed by atoms with E-state index in [1.54, 1.807) is 0 Å². The second-order valence-corrected chi connectivity index (χ2v) is 13.5. The Kier molecular flexibility index (Phi) is 7.55. The van der Waals surface area contributed by atoms with Crippen molar-refractivity contribution in [1.29, 1.82) is 0 Å². The highest BCUT2D eigenvalue weighted by Gasteiger charge is 2.32. The van der Waals surface area contributed by atoms with E-state index in [1.807, 2.05) is 70.3 Å². The maximum Gasteiger partial charge on any atom is 0.337 e. The molecule has 1 saturated heterocycles. The van der Waals surface area contributed by atoms with Gasteiger partial charge in [-0.3, -0.25) is 4.68 Å². The Hall–Kier alpha value is -3.37. The van der Waals surface area contributed by atoms with Gasteiger partial charge in [0.05, 0.1) is 39.3 Å². The minimum Gasteiger partial charge on any atom is -0.479 e. The van der Waals surface area contributed by atoms with E-state index in [0.717, 1.165) is 74.6 Å². The summed E-state index contributed by atoms with van der Waals surface area (Å²) in [5.74, 6) is -1.04. The van der Waals surface area contributed by atoms with Crippen LogP contribution < -0.4 is 0 Å². The highest BCUT2D eigenvalue weighted by atomic mass is 35.5. The number of fused-ring (bicyclic) bond motifs is 2. The van der Waals surface area contributed by atoms with Crippen LogP contribution in [-0.2, 0) is 9.53 Å². The van der Waals surface area contributed by atoms with Gasteiger partial charge in [-0.15, -0.1) is 11.3 Å². The molecule has 0 amide bonds. The number of aryl methyl sites for hydroxylation is 1. The lowest BCUT2D eigenvalue weighted by Gasteiger charge is -2.29. The van der Waals surface area contributed by atoms with Crippen LogP contribution in [0.2, 0.25) is 5.02 Å². The molecule has 1 aliphatic heterocycles. The maximum atomic E-state index is 12.6. The van der Waals surface area contributed by atoms with Crippen molar-refractivity contribution in [3.8, 4) is 21.8 Å². The quantitative estimate of drug-likeness (QED) is 0.214. The Labute approximate surface area is 253 Å². The fourth-order valence-corrected chi connectivity index (χ4v) is 6.95. The summed E-state index contributed by atoms with van der Waals surface area (Å²) in [7, 11) is 2.16. The highest BCUT2D eigenvalue weighted by molar-refractivity contribution is 7.22. The van der Waals surface area contributed by atoms with Crippen LogP contribution in [0.4, 0.5) is 0 Å². The van der Waals surface area contributed by atoms with E-state index < -0.39 is 17.7 Å². The SMILES string of the molecule is Cc1cc2nc(-c3ccc4c(cnn4C4CCN(C)CC4)n3)sc2c(-c2ccc(Cl)cc2)c1C(OC(C)(C)C)C(=O)O. The molecule has 0 spiro atoms. The first-order chi connectivity index (χ1) is 20.0. The summed E-state index contributed by atoms with van der Waals surface area (Å²) in [5, 5.41) is 16.4. The molecule has 3 aromatic heterocycles. The van der Waals surface area contributed by atoms with E-state index >= 15 is 0 Å². The fourth-order valence-electron chi connectivity index (χ4n) is 5.73. The van der Waals surface area contributed by atoms with Crippen LogP contribution in [0.5, 0.6) is 0 Å². The third kappa shape index (κ3) is 5.54. The zero-order valence-corrected chi connectivity index (χ0v) is 26.0. The van der Waals surface area contributed by atoms with Gasteiger partial charge in [0.15, 0.2) is 6.10 Å². The lowest BCUT2D eigenvalue weighted by Crippen LogP contribution is -2.31. The number of ether oxygens (including phenoxy) is 1. The van der Waals surface area contributed by atoms with Crippen LogP contribution in [-0.4, -0.2) is 61.5 Å². The van der Waals surface area contributed by atoms with Crippen LogP contribution in [0.25, 0.3) is 43.1 Å². The smallest absolute Gasteiger partial charge is 0.337 e. The van der Waals surface area contributed by atoms with Gasteiger partial charge in [-0.05, 0) is 102 Å². The van der Waals surface area contributed by atoms with E-state index in [-0.39, 0.29) is 0 Å². The van der Waals surface area contributed by atoms with Gasteiger partial charge in [0.1, 0.15) is 10.5 Å². The van der Waals surface area contributed by atoms with E-state index in [2.05, 4.69) is 22.7 Å². The Bertz CT molecular complexity index is 1780. The van der Waals surface area contributed by atoms with Crippen molar-refractivity contribution in [3.05, 3.63) is 64.8 Å². The number of nitrogens with zero attached hydrogens (tertiary/aromatic N) is 5. The minimum atomic E-state index is -1.16. The third-order valence-corrected chi connectivity index (χ3v) is 9.09. The van der Waals surface area contributed by atoms with Gasteiger partial charge >= 0.3 is 5.97 Å². The van der Waals surface area contributed by atoms with Crippen molar-refractivity contribution in [2.75, 3.05) is 20.1 Å². The van der Waals surface area contributed by atoms with Gasteiger partial charge < -0.3 is 14.7 Å². The number of hydrogen-bond acceptors (Lipinski definition) is 7. The van der Waals surface area contributed by atoms with Crippen LogP contribution in [0.15, 0.2) is 48.7 Å². The largest absolute Gasteiger partial charge is 0.479 e. The van der Waals surface area contributed by atoms with Gasteiger partial charge in [0, 0.05) is 16.1 Å². The lowest BCUT2D eigenvalue weighted by molar-refractivity contribution is -0.160. The Morgan fingerprint density at radius 1 is 1.10 bits per heavy atom. The molecule has 5 aromatic rings. The summed E-state index contributed by atoms with van der Waals surface area (Å²) in [6.45, 7) is 9.62. The van der Waals surface area contributed by atoms with Crippen molar-refractivity contribution in [3.63, 3.8) is 0 Å². The van der Waals surface area contributed by atoms with Crippen molar-refractivity contribution >= 4 is 50.2 Å². The summed E-state index contributed by atoms with van der Waals surface area (Å²) in [5.41, 5.74) is 5.79. The number of aromatic nitrogens is 4. The average molecular weight is 604 g/mol. The van der Waals surface area contributed by atoms with E-state index in [0.29, 0.717) is 16.6 Å². The van der Waals surface area contributed by atoms with Crippen LogP contribution in [0.3, 0.4) is 0 Å². The number of likely N-dealkylation sites (tertiary alicyclic amines) is 1. The molecule has 6 rings (SSSR count). The summed E-state index contributed by atoms with van der Waals surface area (Å²) < 4.78 is 9.13. The molecule has 10 heteroatoms. The number of aliphatic carboxylic acids is 1. The predicted octanol–water partition coefficient (Wildman–Crippen LogP) is 7.54. The number of carboxylic acid groups (broad SMARTS) is 1. The molecule has 1 unspecified atom stereocenters. The number of halogens is 1. The third-order valence-electron chi connectivity index (χ3n) is 7.73. The van der Waals surface area contributed by atoms with E-state index in [4.69, 9.17) is 31.4 Å². The maximum absolute atomic E-state index is 12.6. The molecule has 8 nitrogen and oxygen atoms in total. The van der Waals surface area contributed by atoms with Gasteiger partial charge in [0.25, 0.3) is 0 Å². The first-order valence-electron chi connectivity index (χ1n) is 14.1. The number of carboxylic acids is 1. The normalized spacial score (nSPS) is 16.0. The molecule has 4 heterocycles. The first kappa shape index (κ1) is 28.7. The summed E-state index contributed by atoms with van der Waals surface area (Å²) in [4.78, 5) is 24.9. The molecule has 1 N–H and O–H groups in total. The lowest BCUT2D eigenvalue weighted by atomic mass is 9.91. The van der Waals surface area contributed by atoms with Gasteiger partial charge in [-0.25, -0.2) is 14.8 Å². The minimum absolute atomic E-state index is 0.370. The molecule has 1 fully saturated rings. The van der Waals surface area contributed by atoms with Crippen LogP contribution in [0, 0.1) is 6.92 Å². The van der Waals surface area contributed by atoms with Crippen LogP contribution in [0.1, 0.15) is 56.9 Å². The Morgan fingerprint density at radius 2 is 1.81 bits per heavy atom. The van der Waals surface area contributed by atoms with Crippen molar-refractivity contribution in [2.24, 2.45) is 0 Å². The predicted molar refractivity (Wildman–Crippen MR) is 168 cm³/mol. The summed E-state index contributed by atoms with van der Waals surface area (Å²) in [6.07, 6.45) is 2.81. The molecule has 1 atom stereocenters. The standard InChI is InChI=1S/C32H34ClN5O3S/c1-18-16-23-29(27(19-6-8-20(33)9-7-19)26(18)28(31(39)40)41-32(2,3)4)42-30(36-23)22-10-11-25-24(35-22)17-34-38(25)21-12-14-37(5)15-13-21/h6-11,16-17,21,28H,12-15H2,1-5H3,(H,39,40). The molecule has 0 bridgehead atoms. The zero-order valence-electron chi connectivity index (χ0n) is 24.4. The van der Waals surface area contributed by atoms with Crippen molar-refractivity contribution in [1.82, 2.24) is 24.6 Å². The number of piperidine rings is 1. The second-order valence-electron chi connectivity index (χ2n) is 12.0. The number of benzene rings is 2. The second kappa shape index (κ2) is 11.0. The molecular weight excluding hydrogens is 570 g/mol. The zero-order chi connectivity index (χ0) is 29.8.